The molecule has 0 fully saturated rings. The van der Waals surface area contributed by atoms with Crippen molar-refractivity contribution >= 4 is 33.4 Å². The molecule has 0 bridgehead atoms. The second kappa shape index (κ2) is 7.90. The number of thiazole rings is 1. The molecule has 0 aliphatic carbocycles. The van der Waals surface area contributed by atoms with Gasteiger partial charge in [0, 0.05) is 12.8 Å². The molecule has 0 spiro atoms. The van der Waals surface area contributed by atoms with Crippen molar-refractivity contribution in [3.8, 4) is 0 Å². The summed E-state index contributed by atoms with van der Waals surface area (Å²) in [5.74, 6) is -1.12. The quantitative estimate of drug-likeness (QED) is 0.680. The van der Waals surface area contributed by atoms with Crippen LogP contribution in [0.15, 0.2) is 54.6 Å². The van der Waals surface area contributed by atoms with Crippen molar-refractivity contribution in [1.29, 1.82) is 0 Å². The summed E-state index contributed by atoms with van der Waals surface area (Å²) in [5.41, 5.74) is 1.73. The number of aliphatic carboxylic acids is 1. The van der Waals surface area contributed by atoms with Crippen LogP contribution in [-0.4, -0.2) is 22.0 Å². The first-order valence-electron chi connectivity index (χ1n) is 8.02. The van der Waals surface area contributed by atoms with Crippen LogP contribution in [0.5, 0.6) is 0 Å². The van der Waals surface area contributed by atoms with Gasteiger partial charge in [-0.2, -0.15) is 0 Å². The Morgan fingerprint density at radius 3 is 2.52 bits per heavy atom. The molecule has 3 aromatic rings. The molecule has 1 amide bonds. The highest BCUT2D eigenvalue weighted by Crippen LogP contribution is 2.23. The second-order valence-corrected chi connectivity index (χ2v) is 6.82. The van der Waals surface area contributed by atoms with Crippen molar-refractivity contribution in [3.05, 3.63) is 65.2 Å². The first-order valence-corrected chi connectivity index (χ1v) is 8.84. The van der Waals surface area contributed by atoms with Crippen LogP contribution < -0.4 is 5.32 Å². The van der Waals surface area contributed by atoms with Gasteiger partial charge in [0.25, 0.3) is 0 Å². The molecule has 0 saturated heterocycles. The van der Waals surface area contributed by atoms with Crippen LogP contribution in [0.4, 0.5) is 0 Å². The molecule has 5 nitrogen and oxygen atoms in total. The molecule has 3 rings (SSSR count). The molecule has 1 aromatic heterocycles. The van der Waals surface area contributed by atoms with Gasteiger partial charge in [-0.05, 0) is 17.7 Å². The number of rotatable bonds is 7. The number of benzene rings is 2. The molecule has 2 N–H and O–H groups in total. The molecular formula is C19H18N2O3S. The minimum atomic E-state index is -0.944. The average molecular weight is 354 g/mol. The number of carboxylic acids is 1. The van der Waals surface area contributed by atoms with E-state index in [1.807, 2.05) is 54.6 Å². The summed E-state index contributed by atoms with van der Waals surface area (Å²) in [6.07, 6.45) is 0.680. The third-order valence-electron chi connectivity index (χ3n) is 3.82. The van der Waals surface area contributed by atoms with Crippen molar-refractivity contribution in [2.24, 2.45) is 0 Å². The number of nitrogens with one attached hydrogen (secondary N) is 1. The van der Waals surface area contributed by atoms with Crippen molar-refractivity contribution < 1.29 is 14.7 Å². The number of carbonyl (C=O) groups is 2. The van der Waals surface area contributed by atoms with E-state index in [2.05, 4.69) is 10.3 Å². The highest BCUT2D eigenvalue weighted by atomic mass is 32.1. The Hall–Kier alpha value is -2.73. The van der Waals surface area contributed by atoms with Crippen LogP contribution in [0.3, 0.4) is 0 Å². The summed E-state index contributed by atoms with van der Waals surface area (Å²) in [5, 5.41) is 12.8. The number of carboxylic acid groups (broad SMARTS) is 1. The molecule has 6 heteroatoms. The zero-order chi connectivity index (χ0) is 17.6. The van der Waals surface area contributed by atoms with Gasteiger partial charge < -0.3 is 10.4 Å². The van der Waals surface area contributed by atoms with Gasteiger partial charge in [-0.25, -0.2) is 4.98 Å². The number of nitrogens with zero attached hydrogens (tertiary/aromatic N) is 1. The zero-order valence-corrected chi connectivity index (χ0v) is 14.3. The Morgan fingerprint density at radius 1 is 1.08 bits per heavy atom. The average Bonchev–Trinajstić information content (AvgIpc) is 3.03. The van der Waals surface area contributed by atoms with E-state index in [0.717, 1.165) is 20.8 Å². The Morgan fingerprint density at radius 2 is 1.80 bits per heavy atom. The second-order valence-electron chi connectivity index (χ2n) is 5.70. The lowest BCUT2D eigenvalue weighted by atomic mass is 10.0. The molecule has 1 atom stereocenters. The topological polar surface area (TPSA) is 79.3 Å². The van der Waals surface area contributed by atoms with Crippen LogP contribution in [0.2, 0.25) is 0 Å². The van der Waals surface area contributed by atoms with Gasteiger partial charge in [0.15, 0.2) is 0 Å². The Bertz CT molecular complexity index is 844. The maximum Gasteiger partial charge on any atom is 0.305 e. The van der Waals surface area contributed by atoms with Crippen molar-refractivity contribution in [2.75, 3.05) is 0 Å². The van der Waals surface area contributed by atoms with Crippen LogP contribution in [0.1, 0.15) is 29.5 Å². The lowest BCUT2D eigenvalue weighted by molar-refractivity contribution is -0.137. The fourth-order valence-corrected chi connectivity index (χ4v) is 3.59. The standard InChI is InChI=1S/C19H18N2O3S/c22-17(10-11-18-21-14-8-4-5-9-16(14)25-18)20-15(12-19(23)24)13-6-2-1-3-7-13/h1-9,15H,10-12H2,(H,20,22)(H,23,24). The largest absolute Gasteiger partial charge is 0.481 e. The highest BCUT2D eigenvalue weighted by molar-refractivity contribution is 7.18. The molecular weight excluding hydrogens is 336 g/mol. The molecule has 2 aromatic carbocycles. The number of para-hydroxylation sites is 1. The Kier molecular flexibility index (Phi) is 5.40. The predicted molar refractivity (Wildman–Crippen MR) is 97.5 cm³/mol. The lowest BCUT2D eigenvalue weighted by Crippen LogP contribution is -2.30. The Labute approximate surface area is 149 Å². The highest BCUT2D eigenvalue weighted by Gasteiger charge is 2.18. The van der Waals surface area contributed by atoms with E-state index in [0.29, 0.717) is 6.42 Å². The first-order chi connectivity index (χ1) is 12.1. The van der Waals surface area contributed by atoms with Gasteiger partial charge in [-0.15, -0.1) is 11.3 Å². The smallest absolute Gasteiger partial charge is 0.305 e. The molecule has 0 aliphatic rings. The fourth-order valence-electron chi connectivity index (χ4n) is 2.63. The van der Waals surface area contributed by atoms with E-state index in [1.165, 1.54) is 0 Å². The van der Waals surface area contributed by atoms with Gasteiger partial charge in [-0.3, -0.25) is 9.59 Å². The summed E-state index contributed by atoms with van der Waals surface area (Å²) in [7, 11) is 0. The van der Waals surface area contributed by atoms with E-state index in [-0.39, 0.29) is 18.7 Å². The van der Waals surface area contributed by atoms with E-state index < -0.39 is 12.0 Å². The number of aromatic nitrogens is 1. The molecule has 128 valence electrons. The maximum absolute atomic E-state index is 12.3. The maximum atomic E-state index is 12.3. The van der Waals surface area contributed by atoms with E-state index >= 15 is 0 Å². The zero-order valence-electron chi connectivity index (χ0n) is 13.5. The van der Waals surface area contributed by atoms with E-state index in [9.17, 15) is 9.59 Å². The van der Waals surface area contributed by atoms with Gasteiger partial charge >= 0.3 is 5.97 Å². The number of hydrogen-bond acceptors (Lipinski definition) is 4. The van der Waals surface area contributed by atoms with Gasteiger partial charge in [0.05, 0.1) is 27.7 Å². The Balaban J connectivity index is 1.62. The van der Waals surface area contributed by atoms with Crippen molar-refractivity contribution in [3.63, 3.8) is 0 Å². The summed E-state index contributed by atoms with van der Waals surface area (Å²) in [6.45, 7) is 0. The number of hydrogen-bond donors (Lipinski definition) is 2. The van der Waals surface area contributed by atoms with Gasteiger partial charge in [-0.1, -0.05) is 42.5 Å². The van der Waals surface area contributed by atoms with Gasteiger partial charge in [0.1, 0.15) is 0 Å². The SMILES string of the molecule is O=C(O)CC(NC(=O)CCc1nc2ccccc2s1)c1ccccc1. The van der Waals surface area contributed by atoms with E-state index in [4.69, 9.17) is 5.11 Å². The summed E-state index contributed by atoms with van der Waals surface area (Å²) in [4.78, 5) is 27.9. The number of carbonyl (C=O) groups excluding carboxylic acids is 1. The predicted octanol–water partition coefficient (Wildman–Crippen LogP) is 3.56. The fraction of sp³-hybridized carbons (Fsp3) is 0.211. The monoisotopic (exact) mass is 354 g/mol. The molecule has 0 aliphatic heterocycles. The molecule has 0 saturated carbocycles. The van der Waals surface area contributed by atoms with Crippen LogP contribution >= 0.6 is 11.3 Å². The van der Waals surface area contributed by atoms with Crippen LogP contribution in [-0.2, 0) is 16.0 Å². The van der Waals surface area contributed by atoms with Crippen LogP contribution in [0, 0.1) is 0 Å². The number of amides is 1. The summed E-state index contributed by atoms with van der Waals surface area (Å²) < 4.78 is 1.10. The summed E-state index contributed by atoms with van der Waals surface area (Å²) in [6, 6.07) is 16.5. The van der Waals surface area contributed by atoms with Crippen LogP contribution in [0.25, 0.3) is 10.2 Å². The molecule has 1 unspecified atom stereocenters. The van der Waals surface area contributed by atoms with Crippen molar-refractivity contribution in [2.45, 2.75) is 25.3 Å². The van der Waals surface area contributed by atoms with Crippen molar-refractivity contribution in [1.82, 2.24) is 10.3 Å². The first kappa shape index (κ1) is 17.1. The molecule has 0 radical (unpaired) electrons. The minimum absolute atomic E-state index is 0.142. The third kappa shape index (κ3) is 4.64. The molecule has 25 heavy (non-hydrogen) atoms. The van der Waals surface area contributed by atoms with Gasteiger partial charge in [0.2, 0.25) is 5.91 Å². The molecule has 1 heterocycles. The lowest BCUT2D eigenvalue weighted by Gasteiger charge is -2.17. The number of aryl methyl sites for hydroxylation is 1. The summed E-state index contributed by atoms with van der Waals surface area (Å²) >= 11 is 1.58. The van der Waals surface area contributed by atoms with E-state index in [1.54, 1.807) is 11.3 Å². The minimum Gasteiger partial charge on any atom is -0.481 e. The number of fused-ring (bicyclic) bond motifs is 1. The third-order valence-corrected chi connectivity index (χ3v) is 4.92. The normalized spacial score (nSPS) is 12.0.